The van der Waals surface area contributed by atoms with Crippen molar-refractivity contribution < 1.29 is 4.74 Å². The third kappa shape index (κ3) is 2.84. The number of ether oxygens (including phenoxy) is 1. The summed E-state index contributed by atoms with van der Waals surface area (Å²) in [4.78, 5) is 2.68. The lowest BCUT2D eigenvalue weighted by atomic mass is 9.72. The minimum atomic E-state index is 0.276. The van der Waals surface area contributed by atoms with E-state index in [1.807, 2.05) is 0 Å². The van der Waals surface area contributed by atoms with Crippen molar-refractivity contribution in [3.05, 3.63) is 0 Å². The fourth-order valence-electron chi connectivity index (χ4n) is 4.52. The van der Waals surface area contributed by atoms with Crippen LogP contribution in [0.3, 0.4) is 0 Å². The maximum Gasteiger partial charge on any atom is 0.0678 e. The van der Waals surface area contributed by atoms with E-state index in [0.717, 1.165) is 31.5 Å². The minimum absolute atomic E-state index is 0.276. The lowest BCUT2D eigenvalue weighted by molar-refractivity contribution is -0.112. The van der Waals surface area contributed by atoms with Crippen LogP contribution in [0.5, 0.6) is 0 Å². The van der Waals surface area contributed by atoms with Crippen LogP contribution in [0.4, 0.5) is 0 Å². The zero-order valence-corrected chi connectivity index (χ0v) is 12.6. The Bertz CT molecular complexity index is 308. The highest BCUT2D eigenvalue weighted by molar-refractivity contribution is 5.01. The first-order valence-corrected chi connectivity index (χ1v) is 8.23. The second-order valence-corrected chi connectivity index (χ2v) is 7.28. The Morgan fingerprint density at radius 1 is 1.11 bits per heavy atom. The third-order valence-corrected chi connectivity index (χ3v) is 5.62. The van der Waals surface area contributed by atoms with Gasteiger partial charge in [0.15, 0.2) is 0 Å². The lowest BCUT2D eigenvalue weighted by Crippen LogP contribution is -2.62. The van der Waals surface area contributed by atoms with E-state index >= 15 is 0 Å². The lowest BCUT2D eigenvalue weighted by Gasteiger charge is -2.52. The van der Waals surface area contributed by atoms with Crippen LogP contribution in [0.1, 0.15) is 52.4 Å². The Morgan fingerprint density at radius 3 is 2.37 bits per heavy atom. The molecule has 1 heterocycles. The van der Waals surface area contributed by atoms with Gasteiger partial charge in [-0.25, -0.2) is 0 Å². The molecule has 2 saturated carbocycles. The molecule has 19 heavy (non-hydrogen) atoms. The van der Waals surface area contributed by atoms with Crippen LogP contribution in [-0.2, 0) is 4.74 Å². The zero-order valence-electron chi connectivity index (χ0n) is 12.6. The fourth-order valence-corrected chi connectivity index (χ4v) is 4.52. The fraction of sp³-hybridized carbons (Fsp3) is 1.00. The van der Waals surface area contributed by atoms with E-state index in [9.17, 15) is 0 Å². The number of nitrogens with two attached hydrogens (primary N) is 1. The minimum Gasteiger partial charge on any atom is -0.373 e. The molecule has 3 rings (SSSR count). The quantitative estimate of drug-likeness (QED) is 0.852. The first-order chi connectivity index (χ1) is 9.13. The van der Waals surface area contributed by atoms with Gasteiger partial charge in [-0.2, -0.15) is 0 Å². The van der Waals surface area contributed by atoms with Crippen molar-refractivity contribution in [3.8, 4) is 0 Å². The van der Waals surface area contributed by atoms with E-state index < -0.39 is 0 Å². The average Bonchev–Trinajstić information content (AvgIpc) is 3.22. The number of nitrogens with zero attached hydrogens (tertiary/aromatic N) is 1. The molecule has 2 aliphatic carbocycles. The van der Waals surface area contributed by atoms with Gasteiger partial charge in [-0.1, -0.05) is 12.8 Å². The summed E-state index contributed by atoms with van der Waals surface area (Å²) in [6, 6.07) is 0. The summed E-state index contributed by atoms with van der Waals surface area (Å²) in [5.41, 5.74) is 6.54. The van der Waals surface area contributed by atoms with Crippen LogP contribution < -0.4 is 5.73 Å². The van der Waals surface area contributed by atoms with Crippen molar-refractivity contribution in [2.24, 2.45) is 17.6 Å². The predicted molar refractivity (Wildman–Crippen MR) is 78.0 cm³/mol. The van der Waals surface area contributed by atoms with E-state index in [4.69, 9.17) is 10.5 Å². The Labute approximate surface area is 117 Å². The van der Waals surface area contributed by atoms with Crippen molar-refractivity contribution >= 4 is 0 Å². The largest absolute Gasteiger partial charge is 0.373 e. The van der Waals surface area contributed by atoms with Gasteiger partial charge in [0.25, 0.3) is 0 Å². The van der Waals surface area contributed by atoms with Gasteiger partial charge < -0.3 is 10.5 Å². The Balaban J connectivity index is 1.73. The first kappa shape index (κ1) is 13.8. The van der Waals surface area contributed by atoms with Gasteiger partial charge in [0, 0.05) is 25.2 Å². The molecular formula is C16H30N2O. The topological polar surface area (TPSA) is 38.5 Å². The number of rotatable bonds is 3. The van der Waals surface area contributed by atoms with E-state index in [0.29, 0.717) is 12.2 Å². The first-order valence-electron chi connectivity index (χ1n) is 8.23. The van der Waals surface area contributed by atoms with Gasteiger partial charge in [-0.15, -0.1) is 0 Å². The molecule has 1 aliphatic heterocycles. The Kier molecular flexibility index (Phi) is 3.89. The summed E-state index contributed by atoms with van der Waals surface area (Å²) in [5.74, 6) is 1.98. The van der Waals surface area contributed by atoms with Crippen LogP contribution >= 0.6 is 0 Å². The zero-order chi connectivity index (χ0) is 13.5. The number of hydrogen-bond acceptors (Lipinski definition) is 3. The van der Waals surface area contributed by atoms with Gasteiger partial charge in [0.1, 0.15) is 0 Å². The molecule has 0 bridgehead atoms. The van der Waals surface area contributed by atoms with Crippen LogP contribution in [0.15, 0.2) is 0 Å². The molecule has 3 nitrogen and oxygen atoms in total. The molecule has 0 aromatic rings. The monoisotopic (exact) mass is 266 g/mol. The van der Waals surface area contributed by atoms with E-state index in [1.54, 1.807) is 0 Å². The van der Waals surface area contributed by atoms with Gasteiger partial charge in [-0.05, 0) is 51.4 Å². The molecule has 0 aromatic heterocycles. The number of hydrogen-bond donors (Lipinski definition) is 1. The summed E-state index contributed by atoms with van der Waals surface area (Å²) in [5, 5.41) is 0. The summed E-state index contributed by atoms with van der Waals surface area (Å²) >= 11 is 0. The van der Waals surface area contributed by atoms with Crippen molar-refractivity contribution in [2.75, 3.05) is 19.6 Å². The van der Waals surface area contributed by atoms with Crippen LogP contribution in [0, 0.1) is 11.8 Å². The Morgan fingerprint density at radius 2 is 1.79 bits per heavy atom. The van der Waals surface area contributed by atoms with Gasteiger partial charge in [0.2, 0.25) is 0 Å². The van der Waals surface area contributed by atoms with Crippen LogP contribution in [0.2, 0.25) is 0 Å². The van der Waals surface area contributed by atoms with Gasteiger partial charge in [-0.3, -0.25) is 4.90 Å². The van der Waals surface area contributed by atoms with Gasteiger partial charge >= 0.3 is 0 Å². The maximum absolute atomic E-state index is 6.26. The summed E-state index contributed by atoms with van der Waals surface area (Å²) in [6.45, 7) is 7.37. The molecule has 3 aliphatic rings. The molecule has 3 fully saturated rings. The third-order valence-electron chi connectivity index (χ3n) is 5.62. The summed E-state index contributed by atoms with van der Waals surface area (Å²) in [6.07, 6.45) is 9.12. The molecule has 0 spiro atoms. The average molecular weight is 266 g/mol. The SMILES string of the molecule is C[C@@H]1CN(C2(CN)CCCC(C3CC3)C2)C[C@H](C)O1. The highest BCUT2D eigenvalue weighted by Crippen LogP contribution is 2.48. The molecule has 0 amide bonds. The van der Waals surface area contributed by atoms with E-state index in [2.05, 4.69) is 18.7 Å². The summed E-state index contributed by atoms with van der Waals surface area (Å²) < 4.78 is 5.90. The van der Waals surface area contributed by atoms with Crippen molar-refractivity contribution in [3.63, 3.8) is 0 Å². The molecule has 1 saturated heterocycles. The second-order valence-electron chi connectivity index (χ2n) is 7.28. The molecule has 2 unspecified atom stereocenters. The Hall–Kier alpha value is -0.120. The van der Waals surface area contributed by atoms with E-state index in [-0.39, 0.29) is 5.54 Å². The predicted octanol–water partition coefficient (Wildman–Crippen LogP) is 2.39. The van der Waals surface area contributed by atoms with Crippen LogP contribution in [0.25, 0.3) is 0 Å². The van der Waals surface area contributed by atoms with E-state index in [1.165, 1.54) is 38.5 Å². The molecular weight excluding hydrogens is 236 g/mol. The highest BCUT2D eigenvalue weighted by Gasteiger charge is 2.45. The van der Waals surface area contributed by atoms with Gasteiger partial charge in [0.05, 0.1) is 12.2 Å². The summed E-state index contributed by atoms with van der Waals surface area (Å²) in [7, 11) is 0. The normalized spacial score (nSPS) is 45.3. The highest BCUT2D eigenvalue weighted by atomic mass is 16.5. The van der Waals surface area contributed by atoms with Crippen molar-refractivity contribution in [1.82, 2.24) is 4.90 Å². The van der Waals surface area contributed by atoms with Crippen molar-refractivity contribution in [1.29, 1.82) is 0 Å². The number of morpholine rings is 1. The second kappa shape index (κ2) is 5.34. The molecule has 0 radical (unpaired) electrons. The molecule has 3 heteroatoms. The van der Waals surface area contributed by atoms with Crippen LogP contribution in [-0.4, -0.2) is 42.3 Å². The standard InChI is InChI=1S/C16H30N2O/c1-12-9-18(10-13(2)19-12)16(11-17)7-3-4-15(8-16)14-5-6-14/h12-15H,3-11,17H2,1-2H3/t12-,13+,15?,16?. The molecule has 110 valence electrons. The molecule has 4 atom stereocenters. The molecule has 0 aromatic carbocycles. The molecule has 2 N–H and O–H groups in total. The maximum atomic E-state index is 6.26. The smallest absolute Gasteiger partial charge is 0.0678 e. The van der Waals surface area contributed by atoms with Crippen molar-refractivity contribution in [2.45, 2.75) is 70.1 Å².